The Morgan fingerprint density at radius 3 is 2.61 bits per heavy atom. The monoisotopic (exact) mass is 251 g/mol. The highest BCUT2D eigenvalue weighted by Crippen LogP contribution is 2.58. The van der Waals surface area contributed by atoms with Crippen molar-refractivity contribution in [3.05, 3.63) is 11.8 Å². The van der Waals surface area contributed by atoms with Crippen LogP contribution in [0.5, 0.6) is 0 Å². The third kappa shape index (κ3) is 1.98. The first kappa shape index (κ1) is 12.6. The molecule has 1 amide bonds. The highest BCUT2D eigenvalue weighted by Gasteiger charge is 2.65. The Kier molecular flexibility index (Phi) is 2.88. The zero-order valence-electron chi connectivity index (χ0n) is 10.7. The fraction of sp³-hybridized carbons (Fsp3) is 0.583. The Labute approximate surface area is 105 Å². The number of nitrogens with one attached hydrogen (secondary N) is 2. The van der Waals surface area contributed by atoms with E-state index in [0.29, 0.717) is 5.82 Å². The van der Waals surface area contributed by atoms with Gasteiger partial charge in [-0.2, -0.15) is 5.10 Å². The summed E-state index contributed by atoms with van der Waals surface area (Å²) in [7, 11) is 0. The molecule has 1 aliphatic rings. The maximum Gasteiger partial charge on any atom is 0.307 e. The molecule has 1 saturated carbocycles. The molecular formula is C12H17N3O3. The molecule has 2 rings (SSSR count). The molecule has 18 heavy (non-hydrogen) atoms. The number of carbonyl (C=O) groups excluding carboxylic acids is 1. The lowest BCUT2D eigenvalue weighted by Gasteiger charge is -2.02. The minimum atomic E-state index is -0.920. The summed E-state index contributed by atoms with van der Waals surface area (Å²) >= 11 is 0. The number of aliphatic carboxylic acids is 1. The molecule has 1 aliphatic carbocycles. The number of aryl methyl sites for hydroxylation is 1. The summed E-state index contributed by atoms with van der Waals surface area (Å²) in [6, 6.07) is 1.75. The summed E-state index contributed by atoms with van der Waals surface area (Å²) in [6.07, 6.45) is 0.801. The minimum absolute atomic E-state index is 0.276. The third-order valence-corrected chi connectivity index (χ3v) is 3.64. The van der Waals surface area contributed by atoms with Crippen molar-refractivity contribution in [1.29, 1.82) is 0 Å². The van der Waals surface area contributed by atoms with Gasteiger partial charge in [-0.3, -0.25) is 14.7 Å². The number of amides is 1. The van der Waals surface area contributed by atoms with Gasteiger partial charge in [0, 0.05) is 11.8 Å². The highest BCUT2D eigenvalue weighted by atomic mass is 16.4. The van der Waals surface area contributed by atoms with Crippen LogP contribution in [0.15, 0.2) is 6.07 Å². The number of carboxylic acids is 1. The van der Waals surface area contributed by atoms with Crippen molar-refractivity contribution in [1.82, 2.24) is 10.2 Å². The van der Waals surface area contributed by atoms with Crippen molar-refractivity contribution in [3.8, 4) is 0 Å². The van der Waals surface area contributed by atoms with E-state index in [9.17, 15) is 9.59 Å². The number of H-pyrrole nitrogens is 1. The van der Waals surface area contributed by atoms with Crippen molar-refractivity contribution in [2.45, 2.75) is 27.2 Å². The Balaban J connectivity index is 2.03. The Hall–Kier alpha value is -1.85. The molecule has 0 saturated heterocycles. The summed E-state index contributed by atoms with van der Waals surface area (Å²) in [5.74, 6) is -1.85. The van der Waals surface area contributed by atoms with Gasteiger partial charge in [-0.1, -0.05) is 20.8 Å². The van der Waals surface area contributed by atoms with Crippen molar-refractivity contribution < 1.29 is 14.7 Å². The quantitative estimate of drug-likeness (QED) is 0.750. The van der Waals surface area contributed by atoms with E-state index in [4.69, 9.17) is 5.11 Å². The fourth-order valence-corrected chi connectivity index (χ4v) is 2.40. The van der Waals surface area contributed by atoms with E-state index in [1.165, 1.54) is 0 Å². The number of aromatic amines is 1. The maximum absolute atomic E-state index is 12.0. The van der Waals surface area contributed by atoms with Gasteiger partial charge in [-0.15, -0.1) is 0 Å². The zero-order chi connectivity index (χ0) is 13.5. The summed E-state index contributed by atoms with van der Waals surface area (Å²) in [5, 5.41) is 18.4. The molecule has 3 N–H and O–H groups in total. The van der Waals surface area contributed by atoms with E-state index >= 15 is 0 Å². The molecule has 1 heterocycles. The lowest BCUT2D eigenvalue weighted by atomic mass is 10.1. The molecule has 98 valence electrons. The second-order valence-corrected chi connectivity index (χ2v) is 5.24. The first-order valence-corrected chi connectivity index (χ1v) is 5.96. The van der Waals surface area contributed by atoms with Crippen LogP contribution in [-0.4, -0.2) is 27.2 Å². The van der Waals surface area contributed by atoms with Crippen molar-refractivity contribution >= 4 is 17.7 Å². The van der Waals surface area contributed by atoms with Crippen LogP contribution in [0, 0.1) is 17.3 Å². The molecule has 2 atom stereocenters. The van der Waals surface area contributed by atoms with E-state index in [2.05, 4.69) is 15.5 Å². The normalized spacial score (nSPS) is 24.6. The molecular weight excluding hydrogens is 234 g/mol. The first-order chi connectivity index (χ1) is 8.37. The molecule has 2 unspecified atom stereocenters. The molecule has 0 spiro atoms. The Bertz CT molecular complexity index is 493. The van der Waals surface area contributed by atoms with Crippen molar-refractivity contribution in [2.75, 3.05) is 5.32 Å². The predicted octanol–water partition coefficient (Wildman–Crippen LogP) is 1.27. The fourth-order valence-electron chi connectivity index (χ4n) is 2.40. The lowest BCUT2D eigenvalue weighted by molar-refractivity contribution is -0.140. The molecule has 6 heteroatoms. The smallest absolute Gasteiger partial charge is 0.307 e. The van der Waals surface area contributed by atoms with Gasteiger partial charge in [-0.05, 0) is 11.8 Å². The van der Waals surface area contributed by atoms with Crippen LogP contribution in [0.2, 0.25) is 0 Å². The number of hydrogen-bond donors (Lipinski definition) is 3. The average molecular weight is 251 g/mol. The van der Waals surface area contributed by atoms with E-state index in [-0.39, 0.29) is 5.91 Å². The SMILES string of the molecule is CCc1cc(NC(=O)C2C(C(=O)O)C2(C)C)n[nH]1. The van der Waals surface area contributed by atoms with E-state index in [1.54, 1.807) is 19.9 Å². The van der Waals surface area contributed by atoms with Crippen LogP contribution in [0.4, 0.5) is 5.82 Å². The molecule has 0 bridgehead atoms. The van der Waals surface area contributed by atoms with E-state index in [0.717, 1.165) is 12.1 Å². The summed E-state index contributed by atoms with van der Waals surface area (Å²) in [5.41, 5.74) is 0.440. The molecule has 0 radical (unpaired) electrons. The maximum atomic E-state index is 12.0. The molecule has 6 nitrogen and oxygen atoms in total. The van der Waals surface area contributed by atoms with Crippen LogP contribution < -0.4 is 5.32 Å². The van der Waals surface area contributed by atoms with Gasteiger partial charge < -0.3 is 10.4 Å². The topological polar surface area (TPSA) is 95.1 Å². The second-order valence-electron chi connectivity index (χ2n) is 5.24. The van der Waals surface area contributed by atoms with Crippen LogP contribution in [-0.2, 0) is 16.0 Å². The van der Waals surface area contributed by atoms with Crippen LogP contribution in [0.1, 0.15) is 26.5 Å². The van der Waals surface area contributed by atoms with Crippen molar-refractivity contribution in [2.24, 2.45) is 17.3 Å². The van der Waals surface area contributed by atoms with E-state index < -0.39 is 23.2 Å². The first-order valence-electron chi connectivity index (χ1n) is 5.96. The van der Waals surface area contributed by atoms with Gasteiger partial charge in [0.2, 0.25) is 5.91 Å². The number of hydrogen-bond acceptors (Lipinski definition) is 3. The van der Waals surface area contributed by atoms with E-state index in [1.807, 2.05) is 6.92 Å². The summed E-state index contributed by atoms with van der Waals surface area (Å²) in [4.78, 5) is 23.0. The highest BCUT2D eigenvalue weighted by molar-refractivity contribution is 5.99. The number of carboxylic acid groups (broad SMARTS) is 1. The number of rotatable bonds is 4. The van der Waals surface area contributed by atoms with Gasteiger partial charge in [0.25, 0.3) is 0 Å². The largest absolute Gasteiger partial charge is 0.481 e. The van der Waals surface area contributed by atoms with Crippen LogP contribution in [0.3, 0.4) is 0 Å². The number of anilines is 1. The average Bonchev–Trinajstić information content (AvgIpc) is 2.67. The standard InChI is InChI=1S/C12H17N3O3/c1-4-6-5-7(15-14-6)13-10(16)8-9(11(17)18)12(8,2)3/h5,8-9H,4H2,1-3H3,(H,17,18)(H2,13,14,15,16). The molecule has 1 aromatic rings. The Morgan fingerprint density at radius 1 is 1.50 bits per heavy atom. The number of aromatic nitrogens is 2. The van der Waals surface area contributed by atoms with Gasteiger partial charge in [-0.25, -0.2) is 0 Å². The molecule has 0 aromatic carbocycles. The third-order valence-electron chi connectivity index (χ3n) is 3.64. The van der Waals surface area contributed by atoms with Crippen LogP contribution in [0.25, 0.3) is 0 Å². The molecule has 1 fully saturated rings. The number of nitrogens with zero attached hydrogens (tertiary/aromatic N) is 1. The van der Waals surface area contributed by atoms with Gasteiger partial charge >= 0.3 is 5.97 Å². The lowest BCUT2D eigenvalue weighted by Crippen LogP contribution is -2.17. The predicted molar refractivity (Wildman–Crippen MR) is 65.0 cm³/mol. The van der Waals surface area contributed by atoms with Gasteiger partial charge in [0.1, 0.15) is 0 Å². The van der Waals surface area contributed by atoms with Gasteiger partial charge in [0.15, 0.2) is 5.82 Å². The number of carbonyl (C=O) groups is 2. The summed E-state index contributed by atoms with van der Waals surface area (Å²) < 4.78 is 0. The molecule has 1 aromatic heterocycles. The van der Waals surface area contributed by atoms with Crippen LogP contribution >= 0.6 is 0 Å². The van der Waals surface area contributed by atoms with Crippen molar-refractivity contribution in [3.63, 3.8) is 0 Å². The Morgan fingerprint density at radius 2 is 2.17 bits per heavy atom. The summed E-state index contributed by atoms with van der Waals surface area (Å²) in [6.45, 7) is 5.56. The second kappa shape index (κ2) is 4.12. The minimum Gasteiger partial charge on any atom is -0.481 e. The van der Waals surface area contributed by atoms with Gasteiger partial charge in [0.05, 0.1) is 11.8 Å². The zero-order valence-corrected chi connectivity index (χ0v) is 10.7. The molecule has 0 aliphatic heterocycles.